The second kappa shape index (κ2) is 12.2. The number of nitriles is 1. The number of nitro groups is 1. The van der Waals surface area contributed by atoms with Crippen molar-refractivity contribution in [2.45, 2.75) is 13.5 Å². The van der Waals surface area contributed by atoms with E-state index in [2.05, 4.69) is 5.32 Å². The molecule has 0 bridgehead atoms. The maximum atomic E-state index is 12.8. The van der Waals surface area contributed by atoms with Crippen molar-refractivity contribution in [2.24, 2.45) is 0 Å². The second-order valence-corrected chi connectivity index (χ2v) is 7.69. The van der Waals surface area contributed by atoms with Gasteiger partial charge in [-0.25, -0.2) is 0 Å². The molecule has 0 fully saturated rings. The van der Waals surface area contributed by atoms with Gasteiger partial charge in [0, 0.05) is 22.7 Å². The lowest BCUT2D eigenvalue weighted by Crippen LogP contribution is -2.14. The third-order valence-corrected chi connectivity index (χ3v) is 5.30. The van der Waals surface area contributed by atoms with Crippen LogP contribution in [0.2, 0.25) is 5.02 Å². The Labute approximate surface area is 212 Å². The van der Waals surface area contributed by atoms with E-state index in [4.69, 9.17) is 25.8 Å². The van der Waals surface area contributed by atoms with Crippen molar-refractivity contribution in [3.63, 3.8) is 0 Å². The first-order chi connectivity index (χ1) is 17.4. The molecule has 0 aliphatic carbocycles. The standard InChI is InChI=1S/C26H22ClN3O6/c1-3-35-25-13-17(8-10-24(25)36-16-18-6-4-5-7-21(18)27)12-19(15-28)26(31)29-22-14-20(30(32)33)9-11-23(22)34-2/h4-14H,3,16H2,1-2H3,(H,29,31)/b19-12+. The monoisotopic (exact) mass is 507 g/mol. The Bertz CT molecular complexity index is 1350. The molecule has 184 valence electrons. The Morgan fingerprint density at radius 1 is 1.11 bits per heavy atom. The number of carbonyl (C=O) groups is 1. The Balaban J connectivity index is 1.84. The highest BCUT2D eigenvalue weighted by Gasteiger charge is 2.17. The van der Waals surface area contributed by atoms with Crippen LogP contribution < -0.4 is 19.5 Å². The summed E-state index contributed by atoms with van der Waals surface area (Å²) in [5.74, 6) is 0.354. The van der Waals surface area contributed by atoms with Crippen LogP contribution in [-0.4, -0.2) is 24.5 Å². The lowest BCUT2D eigenvalue weighted by Gasteiger charge is -2.13. The zero-order valence-electron chi connectivity index (χ0n) is 19.5. The van der Waals surface area contributed by atoms with Crippen molar-refractivity contribution in [1.82, 2.24) is 0 Å². The average molecular weight is 508 g/mol. The van der Waals surface area contributed by atoms with Crippen LogP contribution in [0.25, 0.3) is 6.08 Å². The fraction of sp³-hybridized carbons (Fsp3) is 0.154. The summed E-state index contributed by atoms with van der Waals surface area (Å²) >= 11 is 6.19. The minimum absolute atomic E-state index is 0.0659. The van der Waals surface area contributed by atoms with Crippen LogP contribution in [0, 0.1) is 21.4 Å². The normalized spacial score (nSPS) is 10.8. The predicted octanol–water partition coefficient (Wildman–Crippen LogP) is 5.78. The van der Waals surface area contributed by atoms with Gasteiger partial charge < -0.3 is 19.5 Å². The highest BCUT2D eigenvalue weighted by Crippen LogP contribution is 2.32. The molecule has 0 saturated carbocycles. The predicted molar refractivity (Wildman–Crippen MR) is 135 cm³/mol. The zero-order chi connectivity index (χ0) is 26.1. The molecular formula is C26H22ClN3O6. The number of benzene rings is 3. The molecule has 0 aromatic heterocycles. The number of hydrogen-bond donors (Lipinski definition) is 1. The van der Waals surface area contributed by atoms with E-state index < -0.39 is 10.8 Å². The van der Waals surface area contributed by atoms with Gasteiger partial charge in [0.1, 0.15) is 24.0 Å². The summed E-state index contributed by atoms with van der Waals surface area (Å²) in [6.07, 6.45) is 1.37. The molecule has 0 spiro atoms. The number of halogens is 1. The van der Waals surface area contributed by atoms with Gasteiger partial charge in [0.05, 0.1) is 24.3 Å². The van der Waals surface area contributed by atoms with Crippen LogP contribution in [0.1, 0.15) is 18.1 Å². The number of anilines is 1. The van der Waals surface area contributed by atoms with E-state index in [0.29, 0.717) is 28.7 Å². The van der Waals surface area contributed by atoms with Crippen LogP contribution in [0.3, 0.4) is 0 Å². The van der Waals surface area contributed by atoms with E-state index in [9.17, 15) is 20.2 Å². The molecule has 0 heterocycles. The number of amides is 1. The smallest absolute Gasteiger partial charge is 0.271 e. The van der Waals surface area contributed by atoms with Gasteiger partial charge in [-0.1, -0.05) is 35.9 Å². The van der Waals surface area contributed by atoms with Crippen LogP contribution in [-0.2, 0) is 11.4 Å². The SMILES string of the molecule is CCOc1cc(/C=C(\C#N)C(=O)Nc2cc([N+](=O)[O-])ccc2OC)ccc1OCc1ccccc1Cl. The first-order valence-corrected chi connectivity index (χ1v) is 11.1. The van der Waals surface area contributed by atoms with Gasteiger partial charge in [-0.3, -0.25) is 14.9 Å². The van der Waals surface area contributed by atoms with E-state index in [0.717, 1.165) is 11.6 Å². The van der Waals surface area contributed by atoms with E-state index in [-0.39, 0.29) is 29.3 Å². The van der Waals surface area contributed by atoms with Crippen molar-refractivity contribution in [1.29, 1.82) is 5.26 Å². The van der Waals surface area contributed by atoms with Gasteiger partial charge in [-0.15, -0.1) is 0 Å². The van der Waals surface area contributed by atoms with Crippen molar-refractivity contribution in [2.75, 3.05) is 19.0 Å². The van der Waals surface area contributed by atoms with Crippen molar-refractivity contribution >= 4 is 35.0 Å². The Hall–Kier alpha value is -4.55. The number of nitrogens with one attached hydrogen (secondary N) is 1. The van der Waals surface area contributed by atoms with Gasteiger partial charge >= 0.3 is 0 Å². The molecule has 0 saturated heterocycles. The number of methoxy groups -OCH3 is 1. The van der Waals surface area contributed by atoms with Gasteiger partial charge in [0.15, 0.2) is 11.5 Å². The Kier molecular flexibility index (Phi) is 8.86. The summed E-state index contributed by atoms with van der Waals surface area (Å²) in [4.78, 5) is 23.3. The van der Waals surface area contributed by atoms with Crippen LogP contribution in [0.5, 0.6) is 17.2 Å². The second-order valence-electron chi connectivity index (χ2n) is 7.28. The molecule has 10 heteroatoms. The van der Waals surface area contributed by atoms with Crippen LogP contribution >= 0.6 is 11.6 Å². The molecular weight excluding hydrogens is 486 g/mol. The number of nitro benzene ring substituents is 1. The number of non-ortho nitro benzene ring substituents is 1. The molecule has 0 unspecified atom stereocenters. The number of hydrogen-bond acceptors (Lipinski definition) is 7. The molecule has 3 aromatic carbocycles. The molecule has 1 amide bonds. The summed E-state index contributed by atoms with van der Waals surface area (Å²) in [7, 11) is 1.36. The summed E-state index contributed by atoms with van der Waals surface area (Å²) < 4.78 is 16.7. The first-order valence-electron chi connectivity index (χ1n) is 10.7. The molecule has 0 atom stereocenters. The quantitative estimate of drug-likeness (QED) is 0.159. The molecule has 0 radical (unpaired) electrons. The zero-order valence-corrected chi connectivity index (χ0v) is 20.2. The minimum atomic E-state index is -0.756. The summed E-state index contributed by atoms with van der Waals surface area (Å²) in [6.45, 7) is 2.42. The molecule has 3 rings (SSSR count). The molecule has 0 aliphatic heterocycles. The molecule has 36 heavy (non-hydrogen) atoms. The summed E-state index contributed by atoms with van der Waals surface area (Å²) in [5.41, 5.74) is 0.932. The number of ether oxygens (including phenoxy) is 3. The van der Waals surface area contributed by atoms with E-state index >= 15 is 0 Å². The third-order valence-electron chi connectivity index (χ3n) is 4.93. The third kappa shape index (κ3) is 6.52. The maximum Gasteiger partial charge on any atom is 0.271 e. The lowest BCUT2D eigenvalue weighted by molar-refractivity contribution is -0.384. The molecule has 9 nitrogen and oxygen atoms in total. The average Bonchev–Trinajstić information content (AvgIpc) is 2.87. The highest BCUT2D eigenvalue weighted by atomic mass is 35.5. The maximum absolute atomic E-state index is 12.8. The molecule has 1 N–H and O–H groups in total. The molecule has 3 aromatic rings. The summed E-state index contributed by atoms with van der Waals surface area (Å²) in [5, 5.41) is 23.7. The van der Waals surface area contributed by atoms with Crippen molar-refractivity contribution in [3.8, 4) is 23.3 Å². The number of nitrogens with zero attached hydrogens (tertiary/aromatic N) is 2. The largest absolute Gasteiger partial charge is 0.495 e. The first kappa shape index (κ1) is 26.1. The van der Waals surface area contributed by atoms with Gasteiger partial charge in [-0.2, -0.15) is 5.26 Å². The van der Waals surface area contributed by atoms with E-state index in [1.54, 1.807) is 24.3 Å². The highest BCUT2D eigenvalue weighted by molar-refractivity contribution is 6.31. The lowest BCUT2D eigenvalue weighted by atomic mass is 10.1. The Morgan fingerprint density at radius 3 is 2.53 bits per heavy atom. The van der Waals surface area contributed by atoms with Crippen molar-refractivity contribution in [3.05, 3.63) is 92.5 Å². The fourth-order valence-corrected chi connectivity index (χ4v) is 3.38. The van der Waals surface area contributed by atoms with E-state index in [1.807, 2.05) is 31.2 Å². The fourth-order valence-electron chi connectivity index (χ4n) is 3.19. The number of rotatable bonds is 10. The topological polar surface area (TPSA) is 124 Å². The van der Waals surface area contributed by atoms with E-state index in [1.165, 1.54) is 25.3 Å². The van der Waals surface area contributed by atoms with Crippen LogP contribution in [0.15, 0.2) is 66.2 Å². The Morgan fingerprint density at radius 2 is 1.86 bits per heavy atom. The van der Waals surface area contributed by atoms with Gasteiger partial charge in [-0.05, 0) is 42.8 Å². The minimum Gasteiger partial charge on any atom is -0.495 e. The summed E-state index contributed by atoms with van der Waals surface area (Å²) in [6, 6.07) is 17.9. The van der Waals surface area contributed by atoms with Crippen LogP contribution in [0.4, 0.5) is 11.4 Å². The number of carbonyl (C=O) groups excluding carboxylic acids is 1. The molecule has 0 aliphatic rings. The van der Waals surface area contributed by atoms with Crippen molar-refractivity contribution < 1.29 is 23.9 Å². The van der Waals surface area contributed by atoms with Gasteiger partial charge in [0.25, 0.3) is 11.6 Å². The van der Waals surface area contributed by atoms with Gasteiger partial charge in [0.2, 0.25) is 0 Å².